The molecule has 0 unspecified atom stereocenters. The van der Waals surface area contributed by atoms with Gasteiger partial charge in [0.1, 0.15) is 5.82 Å². The van der Waals surface area contributed by atoms with E-state index in [4.69, 9.17) is 4.42 Å². The van der Waals surface area contributed by atoms with E-state index in [1.165, 1.54) is 27.8 Å². The second kappa shape index (κ2) is 9.35. The number of rotatable bonds is 6. The lowest BCUT2D eigenvalue weighted by Crippen LogP contribution is -2.37. The molecule has 1 fully saturated rings. The highest BCUT2D eigenvalue weighted by molar-refractivity contribution is 7.89. The van der Waals surface area contributed by atoms with Crippen LogP contribution in [0.3, 0.4) is 0 Å². The van der Waals surface area contributed by atoms with E-state index in [-0.39, 0.29) is 49.3 Å². The minimum absolute atomic E-state index is 0.0191. The van der Waals surface area contributed by atoms with Gasteiger partial charge in [-0.25, -0.2) is 17.6 Å². The third-order valence-corrected chi connectivity index (χ3v) is 7.91. The van der Waals surface area contributed by atoms with E-state index in [1.54, 1.807) is 11.0 Å². The third kappa shape index (κ3) is 4.81. The summed E-state index contributed by atoms with van der Waals surface area (Å²) >= 11 is 1.39. The molecule has 0 bridgehead atoms. The van der Waals surface area contributed by atoms with Crippen molar-refractivity contribution in [3.8, 4) is 10.8 Å². The summed E-state index contributed by atoms with van der Waals surface area (Å²) in [7, 11) is -3.77. The van der Waals surface area contributed by atoms with Gasteiger partial charge in [0.05, 0.1) is 16.3 Å². The third-order valence-electron chi connectivity index (χ3n) is 5.13. The molecule has 0 N–H and O–H groups in total. The minimum atomic E-state index is -3.77. The molecule has 0 spiro atoms. The molecule has 2 aromatic heterocycles. The van der Waals surface area contributed by atoms with Crippen LogP contribution in [0, 0.1) is 5.82 Å². The Balaban J connectivity index is 1.36. The molecule has 1 aliphatic heterocycles. The maximum Gasteiger partial charge on any atom is 0.437 e. The van der Waals surface area contributed by atoms with Gasteiger partial charge in [-0.3, -0.25) is 4.79 Å². The van der Waals surface area contributed by atoms with E-state index in [0.29, 0.717) is 13.0 Å². The predicted octanol–water partition coefficient (Wildman–Crippen LogP) is 2.02. The largest absolute Gasteiger partial charge is 0.437 e. The maximum absolute atomic E-state index is 13.1. The van der Waals surface area contributed by atoms with Crippen molar-refractivity contribution in [2.45, 2.75) is 24.3 Å². The number of hydrogen-bond donors (Lipinski definition) is 0. The SMILES string of the molecule is O=C(CCn1nc(-c2cccs2)oc1=O)N1CCCN(S(=O)(=O)c2ccc(F)cc2)CC1. The number of aromatic nitrogens is 2. The lowest BCUT2D eigenvalue weighted by atomic mass is 10.3. The quantitative estimate of drug-likeness (QED) is 0.535. The first-order valence-corrected chi connectivity index (χ1v) is 12.3. The van der Waals surface area contributed by atoms with Crippen molar-refractivity contribution in [3.63, 3.8) is 0 Å². The van der Waals surface area contributed by atoms with Crippen LogP contribution >= 0.6 is 11.3 Å². The topological polar surface area (TPSA) is 106 Å². The Bertz CT molecular complexity index is 1240. The number of thiophene rings is 1. The average molecular weight is 481 g/mol. The predicted molar refractivity (Wildman–Crippen MR) is 115 cm³/mol. The zero-order valence-electron chi connectivity index (χ0n) is 17.0. The molecule has 0 aliphatic carbocycles. The van der Waals surface area contributed by atoms with Crippen LogP contribution in [0.4, 0.5) is 4.39 Å². The standard InChI is InChI=1S/C20H21FN4O5S2/c21-15-4-6-16(7-5-15)32(28,29)24-10-2-9-23(12-13-24)18(26)8-11-25-20(27)30-19(22-25)17-3-1-14-31-17/h1,3-7,14H,2,8-13H2. The second-order valence-corrected chi connectivity index (χ2v) is 10.1. The first kappa shape index (κ1) is 22.4. The smallest absolute Gasteiger partial charge is 0.387 e. The number of sulfonamides is 1. The fourth-order valence-corrected chi connectivity index (χ4v) is 5.56. The van der Waals surface area contributed by atoms with Crippen LogP contribution in [0.2, 0.25) is 0 Å². The summed E-state index contributed by atoms with van der Waals surface area (Å²) in [5.74, 6) is -1.12. The molecule has 0 saturated carbocycles. The zero-order chi connectivity index (χ0) is 22.7. The summed E-state index contributed by atoms with van der Waals surface area (Å²) in [5, 5.41) is 5.98. The Kier molecular flexibility index (Phi) is 6.53. The molecule has 1 aliphatic rings. The molecule has 32 heavy (non-hydrogen) atoms. The number of hydrogen-bond acceptors (Lipinski definition) is 7. The van der Waals surface area contributed by atoms with Crippen LogP contribution in [0.1, 0.15) is 12.8 Å². The average Bonchev–Trinajstić information content (AvgIpc) is 3.35. The molecule has 1 aromatic carbocycles. The lowest BCUT2D eigenvalue weighted by Gasteiger charge is -2.22. The monoisotopic (exact) mass is 480 g/mol. The number of benzene rings is 1. The highest BCUT2D eigenvalue weighted by Gasteiger charge is 2.28. The summed E-state index contributed by atoms with van der Waals surface area (Å²) in [4.78, 5) is 27.0. The molecule has 1 amide bonds. The molecular formula is C20H21FN4O5S2. The van der Waals surface area contributed by atoms with E-state index >= 15 is 0 Å². The summed E-state index contributed by atoms with van der Waals surface area (Å²) in [6.07, 6.45) is 0.514. The maximum atomic E-state index is 13.1. The molecule has 4 rings (SSSR count). The van der Waals surface area contributed by atoms with Crippen molar-refractivity contribution >= 4 is 27.3 Å². The van der Waals surface area contributed by atoms with E-state index in [1.807, 2.05) is 11.4 Å². The molecule has 1 saturated heterocycles. The summed E-state index contributed by atoms with van der Waals surface area (Å²) in [6.45, 7) is 1.10. The Hall–Kier alpha value is -2.83. The fraction of sp³-hybridized carbons (Fsp3) is 0.350. The molecular weight excluding hydrogens is 459 g/mol. The molecule has 3 aromatic rings. The lowest BCUT2D eigenvalue weighted by molar-refractivity contribution is -0.131. The van der Waals surface area contributed by atoms with E-state index in [9.17, 15) is 22.4 Å². The first-order chi connectivity index (χ1) is 15.3. The molecule has 170 valence electrons. The van der Waals surface area contributed by atoms with Crippen LogP contribution in [-0.2, 0) is 21.4 Å². The number of carbonyl (C=O) groups is 1. The highest BCUT2D eigenvalue weighted by Crippen LogP contribution is 2.21. The van der Waals surface area contributed by atoms with Crippen LogP contribution in [0.15, 0.2) is 55.9 Å². The van der Waals surface area contributed by atoms with Gasteiger partial charge < -0.3 is 9.32 Å². The molecule has 12 heteroatoms. The van der Waals surface area contributed by atoms with Gasteiger partial charge >= 0.3 is 5.76 Å². The van der Waals surface area contributed by atoms with Crippen molar-refractivity contribution in [1.29, 1.82) is 0 Å². The Labute approximate surface area is 187 Å². The van der Waals surface area contributed by atoms with E-state index in [2.05, 4.69) is 5.10 Å². The van der Waals surface area contributed by atoms with Crippen molar-refractivity contribution in [2.75, 3.05) is 26.2 Å². The molecule has 0 atom stereocenters. The summed E-state index contributed by atoms with van der Waals surface area (Å²) in [6, 6.07) is 8.29. The number of nitrogens with zero attached hydrogens (tertiary/aromatic N) is 4. The molecule has 0 radical (unpaired) electrons. The second-order valence-electron chi connectivity index (χ2n) is 7.22. The minimum Gasteiger partial charge on any atom is -0.387 e. The molecule has 3 heterocycles. The zero-order valence-corrected chi connectivity index (χ0v) is 18.6. The van der Waals surface area contributed by atoms with Gasteiger partial charge in [0.15, 0.2) is 0 Å². The Morgan fingerprint density at radius 2 is 1.91 bits per heavy atom. The van der Waals surface area contributed by atoms with Crippen molar-refractivity contribution in [1.82, 2.24) is 19.0 Å². The highest BCUT2D eigenvalue weighted by atomic mass is 32.2. The van der Waals surface area contributed by atoms with Gasteiger partial charge in [0.25, 0.3) is 5.89 Å². The first-order valence-electron chi connectivity index (χ1n) is 10.00. The van der Waals surface area contributed by atoms with Crippen LogP contribution in [0.5, 0.6) is 0 Å². The van der Waals surface area contributed by atoms with Gasteiger partial charge in [0, 0.05) is 32.6 Å². The van der Waals surface area contributed by atoms with Gasteiger partial charge in [-0.2, -0.15) is 8.99 Å². The van der Waals surface area contributed by atoms with Gasteiger partial charge in [-0.05, 0) is 42.1 Å². The number of aryl methyl sites for hydroxylation is 1. The number of amides is 1. The van der Waals surface area contributed by atoms with Crippen molar-refractivity contribution < 1.29 is 22.0 Å². The van der Waals surface area contributed by atoms with E-state index < -0.39 is 21.6 Å². The Morgan fingerprint density at radius 3 is 2.62 bits per heavy atom. The van der Waals surface area contributed by atoms with Gasteiger partial charge in [-0.1, -0.05) is 6.07 Å². The van der Waals surface area contributed by atoms with Gasteiger partial charge in [-0.15, -0.1) is 16.4 Å². The summed E-state index contributed by atoms with van der Waals surface area (Å²) < 4.78 is 46.3. The number of halogens is 1. The Morgan fingerprint density at radius 1 is 1.12 bits per heavy atom. The number of carbonyl (C=O) groups excluding carboxylic acids is 1. The van der Waals surface area contributed by atoms with Crippen molar-refractivity contribution in [2.24, 2.45) is 0 Å². The summed E-state index contributed by atoms with van der Waals surface area (Å²) in [5.41, 5.74) is 0. The van der Waals surface area contributed by atoms with Crippen molar-refractivity contribution in [3.05, 3.63) is 58.1 Å². The van der Waals surface area contributed by atoms with Crippen LogP contribution < -0.4 is 5.76 Å². The van der Waals surface area contributed by atoms with Gasteiger partial charge in [0.2, 0.25) is 15.9 Å². The van der Waals surface area contributed by atoms with Crippen LogP contribution in [-0.4, -0.2) is 59.5 Å². The van der Waals surface area contributed by atoms with E-state index in [0.717, 1.165) is 21.7 Å². The molecule has 9 nitrogen and oxygen atoms in total. The normalized spacial score (nSPS) is 15.6. The fourth-order valence-electron chi connectivity index (χ4n) is 3.45. The van der Waals surface area contributed by atoms with Crippen LogP contribution in [0.25, 0.3) is 10.8 Å².